The van der Waals surface area contributed by atoms with Gasteiger partial charge in [0.2, 0.25) is 0 Å². The molecule has 0 fully saturated rings. The monoisotopic (exact) mass is 336 g/mol. The van der Waals surface area contributed by atoms with Crippen LogP contribution in [0.25, 0.3) is 10.9 Å². The lowest BCUT2D eigenvalue weighted by atomic mass is 10.1. The minimum atomic E-state index is -0.0692. The minimum absolute atomic E-state index is 0.0504. The minimum Gasteiger partial charge on any atom is -0.486 e. The van der Waals surface area contributed by atoms with E-state index < -0.39 is 0 Å². The van der Waals surface area contributed by atoms with Gasteiger partial charge < -0.3 is 19.4 Å². The number of rotatable bonds is 4. The van der Waals surface area contributed by atoms with Crippen LogP contribution in [0.4, 0.5) is 0 Å². The van der Waals surface area contributed by atoms with Crippen LogP contribution in [0.5, 0.6) is 11.5 Å². The molecule has 1 N–H and O–H groups in total. The van der Waals surface area contributed by atoms with E-state index in [-0.39, 0.29) is 12.0 Å². The number of hydrogen-bond acceptors (Lipinski definition) is 3. The molecule has 0 radical (unpaired) electrons. The van der Waals surface area contributed by atoms with Gasteiger partial charge in [0.15, 0.2) is 11.5 Å². The molecule has 1 amide bonds. The highest BCUT2D eigenvalue weighted by Crippen LogP contribution is 2.31. The highest BCUT2D eigenvalue weighted by molar-refractivity contribution is 5.98. The van der Waals surface area contributed by atoms with Crippen molar-refractivity contribution in [3.8, 4) is 11.5 Å². The van der Waals surface area contributed by atoms with E-state index in [0.29, 0.717) is 25.1 Å². The Morgan fingerprint density at radius 2 is 2.04 bits per heavy atom. The first-order valence-electron chi connectivity index (χ1n) is 8.42. The topological polar surface area (TPSA) is 52.5 Å². The maximum Gasteiger partial charge on any atom is 0.251 e. The average molecular weight is 336 g/mol. The number of benzene rings is 2. The molecule has 1 aromatic heterocycles. The summed E-state index contributed by atoms with van der Waals surface area (Å²) < 4.78 is 13.6. The SMILES string of the molecule is Cn1ccc2ccc(C(=O)NCC[C@@H]3COc4ccccc4O3)cc21. The van der Waals surface area contributed by atoms with Crippen LogP contribution in [-0.4, -0.2) is 29.7 Å². The Balaban J connectivity index is 1.34. The van der Waals surface area contributed by atoms with Crippen LogP contribution in [0, 0.1) is 0 Å². The van der Waals surface area contributed by atoms with E-state index >= 15 is 0 Å². The molecule has 0 spiro atoms. The second-order valence-corrected chi connectivity index (χ2v) is 6.24. The van der Waals surface area contributed by atoms with Gasteiger partial charge in [-0.05, 0) is 35.7 Å². The molecular weight excluding hydrogens is 316 g/mol. The summed E-state index contributed by atoms with van der Waals surface area (Å²) in [6, 6.07) is 15.4. The second kappa shape index (κ2) is 6.51. The predicted molar refractivity (Wildman–Crippen MR) is 96.2 cm³/mol. The summed E-state index contributed by atoms with van der Waals surface area (Å²) in [5.74, 6) is 1.47. The largest absolute Gasteiger partial charge is 0.486 e. The summed E-state index contributed by atoms with van der Waals surface area (Å²) in [5.41, 5.74) is 1.72. The van der Waals surface area contributed by atoms with E-state index in [0.717, 1.165) is 22.4 Å². The predicted octanol–water partition coefficient (Wildman–Crippen LogP) is 3.14. The number of nitrogens with zero attached hydrogens (tertiary/aromatic N) is 1. The van der Waals surface area contributed by atoms with Crippen molar-refractivity contribution < 1.29 is 14.3 Å². The number of hydrogen-bond donors (Lipinski definition) is 1. The number of amides is 1. The van der Waals surface area contributed by atoms with Gasteiger partial charge in [-0.15, -0.1) is 0 Å². The van der Waals surface area contributed by atoms with Crippen molar-refractivity contribution in [2.45, 2.75) is 12.5 Å². The van der Waals surface area contributed by atoms with Gasteiger partial charge in [0.05, 0.1) is 0 Å². The summed E-state index contributed by atoms with van der Waals surface area (Å²) in [6.45, 7) is 1.04. The number of aromatic nitrogens is 1. The molecule has 2 heterocycles. The quantitative estimate of drug-likeness (QED) is 0.796. The van der Waals surface area contributed by atoms with Gasteiger partial charge in [-0.3, -0.25) is 4.79 Å². The third-order valence-corrected chi connectivity index (χ3v) is 4.47. The first kappa shape index (κ1) is 15.6. The van der Waals surface area contributed by atoms with E-state index in [1.54, 1.807) is 0 Å². The maximum absolute atomic E-state index is 12.4. The van der Waals surface area contributed by atoms with Gasteiger partial charge in [-0.2, -0.15) is 0 Å². The summed E-state index contributed by atoms with van der Waals surface area (Å²) in [5, 5.41) is 4.09. The van der Waals surface area contributed by atoms with E-state index in [1.807, 2.05) is 66.3 Å². The second-order valence-electron chi connectivity index (χ2n) is 6.24. The fraction of sp³-hybridized carbons (Fsp3) is 0.250. The molecule has 5 nitrogen and oxygen atoms in total. The average Bonchev–Trinajstić information content (AvgIpc) is 3.02. The number of fused-ring (bicyclic) bond motifs is 2. The smallest absolute Gasteiger partial charge is 0.251 e. The summed E-state index contributed by atoms with van der Waals surface area (Å²) >= 11 is 0. The normalized spacial score (nSPS) is 16.0. The van der Waals surface area contributed by atoms with Gasteiger partial charge in [0.1, 0.15) is 12.7 Å². The van der Waals surface area contributed by atoms with Crippen molar-refractivity contribution in [3.63, 3.8) is 0 Å². The van der Waals surface area contributed by atoms with Crippen LogP contribution >= 0.6 is 0 Å². The number of carbonyl (C=O) groups is 1. The molecule has 25 heavy (non-hydrogen) atoms. The highest BCUT2D eigenvalue weighted by Gasteiger charge is 2.20. The standard InChI is InChI=1S/C20H20N2O3/c1-22-11-9-14-6-7-15(12-17(14)22)20(23)21-10-8-16-13-24-18-4-2-3-5-19(18)25-16/h2-7,9,11-12,16H,8,10,13H2,1H3,(H,21,23)/t16-/m1/s1. The van der Waals surface area contributed by atoms with Crippen molar-refractivity contribution in [2.24, 2.45) is 7.05 Å². The first-order valence-corrected chi connectivity index (χ1v) is 8.42. The Bertz CT molecular complexity index is 916. The number of aryl methyl sites for hydroxylation is 1. The van der Waals surface area contributed by atoms with E-state index in [1.165, 1.54) is 0 Å². The molecule has 1 aliphatic heterocycles. The van der Waals surface area contributed by atoms with Crippen LogP contribution in [-0.2, 0) is 7.05 Å². The molecule has 0 unspecified atom stereocenters. The molecule has 5 heteroatoms. The summed E-state index contributed by atoms with van der Waals surface area (Å²) in [7, 11) is 1.97. The summed E-state index contributed by atoms with van der Waals surface area (Å²) in [4.78, 5) is 12.4. The lowest BCUT2D eigenvalue weighted by Gasteiger charge is -2.26. The number of carbonyl (C=O) groups excluding carboxylic acids is 1. The summed E-state index contributed by atoms with van der Waals surface area (Å²) in [6.07, 6.45) is 2.64. The Labute approximate surface area is 146 Å². The van der Waals surface area contributed by atoms with Crippen LogP contribution in [0.2, 0.25) is 0 Å². The third-order valence-electron chi connectivity index (χ3n) is 4.47. The Hall–Kier alpha value is -2.95. The number of ether oxygens (including phenoxy) is 2. The van der Waals surface area contributed by atoms with Crippen molar-refractivity contribution in [3.05, 3.63) is 60.3 Å². The van der Waals surface area contributed by atoms with Gasteiger partial charge >= 0.3 is 0 Å². The third kappa shape index (κ3) is 3.18. The van der Waals surface area contributed by atoms with Crippen LogP contribution in [0.3, 0.4) is 0 Å². The van der Waals surface area contributed by atoms with Crippen LogP contribution in [0.1, 0.15) is 16.8 Å². The van der Waals surface area contributed by atoms with Gasteiger partial charge in [-0.1, -0.05) is 18.2 Å². The molecule has 0 bridgehead atoms. The first-order chi connectivity index (χ1) is 12.2. The van der Waals surface area contributed by atoms with Crippen molar-refractivity contribution in [1.82, 2.24) is 9.88 Å². The molecule has 128 valence electrons. The zero-order valence-electron chi connectivity index (χ0n) is 14.1. The molecule has 1 atom stereocenters. The molecule has 0 saturated carbocycles. The van der Waals surface area contributed by atoms with Gasteiger partial charge in [0.25, 0.3) is 5.91 Å². The van der Waals surface area contributed by atoms with Crippen molar-refractivity contribution >= 4 is 16.8 Å². The lowest BCUT2D eigenvalue weighted by Crippen LogP contribution is -2.34. The Morgan fingerprint density at radius 1 is 1.20 bits per heavy atom. The molecule has 1 aliphatic rings. The maximum atomic E-state index is 12.4. The zero-order chi connectivity index (χ0) is 17.2. The molecule has 0 aliphatic carbocycles. The van der Waals surface area contributed by atoms with Crippen LogP contribution < -0.4 is 14.8 Å². The zero-order valence-corrected chi connectivity index (χ0v) is 14.1. The number of nitrogens with one attached hydrogen (secondary N) is 1. The van der Waals surface area contributed by atoms with Gasteiger partial charge in [0, 0.05) is 37.3 Å². The molecule has 3 aromatic rings. The lowest BCUT2D eigenvalue weighted by molar-refractivity contribution is 0.0813. The molecule has 0 saturated heterocycles. The fourth-order valence-electron chi connectivity index (χ4n) is 3.06. The molecule has 4 rings (SSSR count). The molecule has 2 aromatic carbocycles. The van der Waals surface area contributed by atoms with E-state index in [4.69, 9.17) is 9.47 Å². The van der Waals surface area contributed by atoms with E-state index in [2.05, 4.69) is 5.32 Å². The Morgan fingerprint density at radius 3 is 2.92 bits per heavy atom. The fourth-order valence-corrected chi connectivity index (χ4v) is 3.06. The number of para-hydroxylation sites is 2. The van der Waals surface area contributed by atoms with Crippen molar-refractivity contribution in [2.75, 3.05) is 13.2 Å². The molecular formula is C20H20N2O3. The van der Waals surface area contributed by atoms with Gasteiger partial charge in [-0.25, -0.2) is 0 Å². The van der Waals surface area contributed by atoms with Crippen LogP contribution in [0.15, 0.2) is 54.7 Å². The van der Waals surface area contributed by atoms with E-state index in [9.17, 15) is 4.79 Å². The van der Waals surface area contributed by atoms with Crippen molar-refractivity contribution in [1.29, 1.82) is 0 Å². The highest BCUT2D eigenvalue weighted by atomic mass is 16.6. The Kier molecular flexibility index (Phi) is 4.06.